The number of morpholine rings is 1. The monoisotopic (exact) mass is 428 g/mol. The van der Waals surface area contributed by atoms with Gasteiger partial charge in [-0.3, -0.25) is 9.69 Å². The van der Waals surface area contributed by atoms with Crippen LogP contribution in [0.25, 0.3) is 10.9 Å². The molecule has 0 amide bonds. The first-order chi connectivity index (χ1) is 15.0. The van der Waals surface area contributed by atoms with E-state index in [4.69, 9.17) is 9.72 Å². The zero-order valence-corrected chi connectivity index (χ0v) is 19.1. The van der Waals surface area contributed by atoms with Crippen LogP contribution in [-0.2, 0) is 17.7 Å². The molecule has 31 heavy (non-hydrogen) atoms. The lowest BCUT2D eigenvalue weighted by Gasteiger charge is -2.33. The summed E-state index contributed by atoms with van der Waals surface area (Å²) >= 11 is 0. The number of rotatable bonds is 6. The van der Waals surface area contributed by atoms with Crippen molar-refractivity contribution in [2.24, 2.45) is 5.92 Å². The molecule has 7 heteroatoms. The molecule has 2 fully saturated rings. The van der Waals surface area contributed by atoms with Gasteiger partial charge in [0.1, 0.15) is 5.82 Å². The summed E-state index contributed by atoms with van der Waals surface area (Å²) in [6.45, 7) is 7.23. The smallest absolute Gasteiger partial charge is 0.261 e. The Labute approximate surface area is 184 Å². The van der Waals surface area contributed by atoms with Crippen LogP contribution in [0.2, 0.25) is 0 Å². The lowest BCUT2D eigenvalue weighted by atomic mass is 9.82. The fourth-order valence-electron chi connectivity index (χ4n) is 4.77. The standard InChI is InChI=1S/C24H36N4O3/c1-4-16(2)11-22-25-12-20-23(26-22)21(17-5-7-19(29)8-6-17)14-28(24(20)30)13-18-15-31-10-9-27(18)3/h12,14,16-19,29H,4-11,13,15H2,1-3H3/t16-,17?,18+,19?/m0/s1. The van der Waals surface area contributed by atoms with Crippen molar-refractivity contribution in [1.82, 2.24) is 19.4 Å². The molecule has 0 unspecified atom stereocenters. The summed E-state index contributed by atoms with van der Waals surface area (Å²) in [5.74, 6) is 1.63. The average molecular weight is 429 g/mol. The van der Waals surface area contributed by atoms with E-state index in [2.05, 4.69) is 30.8 Å². The maximum atomic E-state index is 13.4. The number of aromatic nitrogens is 3. The van der Waals surface area contributed by atoms with E-state index in [9.17, 15) is 9.90 Å². The molecule has 170 valence electrons. The Hall–Kier alpha value is -1.83. The Morgan fingerprint density at radius 1 is 1.29 bits per heavy atom. The van der Waals surface area contributed by atoms with Gasteiger partial charge >= 0.3 is 0 Å². The molecule has 1 aliphatic heterocycles. The second-order valence-electron chi connectivity index (χ2n) is 9.52. The summed E-state index contributed by atoms with van der Waals surface area (Å²) in [5, 5.41) is 10.6. The van der Waals surface area contributed by atoms with Crippen LogP contribution in [0.1, 0.15) is 63.3 Å². The zero-order chi connectivity index (χ0) is 22.0. The van der Waals surface area contributed by atoms with Crippen LogP contribution >= 0.6 is 0 Å². The van der Waals surface area contributed by atoms with Crippen molar-refractivity contribution in [3.63, 3.8) is 0 Å². The Morgan fingerprint density at radius 3 is 2.77 bits per heavy atom. The first-order valence-corrected chi connectivity index (χ1v) is 11.8. The van der Waals surface area contributed by atoms with Gasteiger partial charge in [0, 0.05) is 31.9 Å². The molecule has 1 saturated heterocycles. The lowest BCUT2D eigenvalue weighted by Crippen LogP contribution is -2.46. The molecule has 2 aliphatic rings. The molecule has 1 saturated carbocycles. The van der Waals surface area contributed by atoms with Gasteiger partial charge in [0.05, 0.1) is 36.3 Å². The second-order valence-corrected chi connectivity index (χ2v) is 9.52. The van der Waals surface area contributed by atoms with Crippen LogP contribution < -0.4 is 5.56 Å². The highest BCUT2D eigenvalue weighted by Crippen LogP contribution is 2.35. The van der Waals surface area contributed by atoms with Crippen molar-refractivity contribution in [3.05, 3.63) is 34.1 Å². The van der Waals surface area contributed by atoms with Gasteiger partial charge in [-0.15, -0.1) is 0 Å². The Balaban J connectivity index is 1.75. The first kappa shape index (κ1) is 22.4. The van der Waals surface area contributed by atoms with Crippen molar-refractivity contribution < 1.29 is 9.84 Å². The van der Waals surface area contributed by atoms with Crippen LogP contribution in [0.15, 0.2) is 17.2 Å². The van der Waals surface area contributed by atoms with Crippen molar-refractivity contribution in [2.75, 3.05) is 26.8 Å². The molecular formula is C24H36N4O3. The quantitative estimate of drug-likeness (QED) is 0.762. The summed E-state index contributed by atoms with van der Waals surface area (Å²) < 4.78 is 7.51. The summed E-state index contributed by atoms with van der Waals surface area (Å²) in [7, 11) is 2.09. The van der Waals surface area contributed by atoms with Crippen LogP contribution in [0.4, 0.5) is 0 Å². The van der Waals surface area contributed by atoms with Crippen LogP contribution in [-0.4, -0.2) is 63.5 Å². The summed E-state index contributed by atoms with van der Waals surface area (Å²) in [4.78, 5) is 25.1. The fraction of sp³-hybridized carbons (Fsp3) is 0.708. The minimum Gasteiger partial charge on any atom is -0.393 e. The average Bonchev–Trinajstić information content (AvgIpc) is 2.77. The number of nitrogens with zero attached hydrogens (tertiary/aromatic N) is 4. The van der Waals surface area contributed by atoms with E-state index in [1.807, 2.05) is 10.8 Å². The first-order valence-electron chi connectivity index (χ1n) is 11.8. The van der Waals surface area contributed by atoms with Gasteiger partial charge < -0.3 is 14.4 Å². The van der Waals surface area contributed by atoms with Gasteiger partial charge in [0.2, 0.25) is 0 Å². The van der Waals surface area contributed by atoms with Crippen LogP contribution in [0.3, 0.4) is 0 Å². The highest BCUT2D eigenvalue weighted by atomic mass is 16.5. The summed E-state index contributed by atoms with van der Waals surface area (Å²) in [6.07, 6.45) is 8.91. The van der Waals surface area contributed by atoms with E-state index in [0.29, 0.717) is 30.4 Å². The van der Waals surface area contributed by atoms with Gasteiger partial charge in [-0.25, -0.2) is 9.97 Å². The molecule has 2 aromatic rings. The van der Waals surface area contributed by atoms with Gasteiger partial charge in [-0.2, -0.15) is 0 Å². The largest absolute Gasteiger partial charge is 0.393 e. The predicted molar refractivity (Wildman–Crippen MR) is 121 cm³/mol. The van der Waals surface area contributed by atoms with Crippen molar-refractivity contribution in [2.45, 2.75) is 77.0 Å². The number of ether oxygens (including phenoxy) is 1. The van der Waals surface area contributed by atoms with Crippen LogP contribution in [0, 0.1) is 5.92 Å². The molecule has 7 nitrogen and oxygen atoms in total. The number of aliphatic hydroxyl groups is 1. The molecule has 0 radical (unpaired) electrons. The molecule has 4 rings (SSSR count). The Morgan fingerprint density at radius 2 is 2.06 bits per heavy atom. The third-order valence-corrected chi connectivity index (χ3v) is 7.19. The summed E-state index contributed by atoms with van der Waals surface area (Å²) in [6, 6.07) is 0.176. The molecule has 0 bridgehead atoms. The van der Waals surface area contributed by atoms with E-state index in [1.165, 1.54) is 0 Å². The molecule has 2 atom stereocenters. The van der Waals surface area contributed by atoms with Crippen molar-refractivity contribution in [1.29, 1.82) is 0 Å². The highest BCUT2D eigenvalue weighted by Gasteiger charge is 2.26. The van der Waals surface area contributed by atoms with E-state index in [-0.39, 0.29) is 17.7 Å². The molecule has 0 spiro atoms. The van der Waals surface area contributed by atoms with Gasteiger partial charge in [-0.1, -0.05) is 20.3 Å². The molecule has 0 aromatic carbocycles. The van der Waals surface area contributed by atoms with Gasteiger partial charge in [0.15, 0.2) is 0 Å². The normalized spacial score (nSPS) is 26.3. The molecule has 1 aliphatic carbocycles. The molecule has 3 heterocycles. The third kappa shape index (κ3) is 4.99. The number of hydrogen-bond acceptors (Lipinski definition) is 6. The van der Waals surface area contributed by atoms with E-state index in [1.54, 1.807) is 6.20 Å². The number of hydrogen-bond donors (Lipinski definition) is 1. The van der Waals surface area contributed by atoms with E-state index in [0.717, 1.165) is 68.6 Å². The predicted octanol–water partition coefficient (Wildman–Crippen LogP) is 2.73. The molecule has 2 aromatic heterocycles. The Kier molecular flexibility index (Phi) is 7.04. The minimum atomic E-state index is -0.211. The fourth-order valence-corrected chi connectivity index (χ4v) is 4.77. The van der Waals surface area contributed by atoms with Crippen LogP contribution in [0.5, 0.6) is 0 Å². The molecule has 1 N–H and O–H groups in total. The van der Waals surface area contributed by atoms with Gasteiger partial charge in [0.25, 0.3) is 5.56 Å². The lowest BCUT2D eigenvalue weighted by molar-refractivity contribution is -0.000521. The Bertz CT molecular complexity index is 952. The zero-order valence-electron chi connectivity index (χ0n) is 19.1. The highest BCUT2D eigenvalue weighted by molar-refractivity contribution is 5.80. The SMILES string of the molecule is CC[C@H](C)Cc1ncc2c(=O)n(C[C@@H]3COCCN3C)cc(C3CCC(O)CC3)c2n1. The maximum Gasteiger partial charge on any atom is 0.261 e. The number of likely N-dealkylation sites (N-methyl/N-ethyl adjacent to an activating group) is 1. The second kappa shape index (κ2) is 9.76. The molecular weight excluding hydrogens is 392 g/mol. The van der Waals surface area contributed by atoms with E-state index >= 15 is 0 Å². The summed E-state index contributed by atoms with van der Waals surface area (Å²) in [5.41, 5.74) is 1.92. The maximum absolute atomic E-state index is 13.4. The van der Waals surface area contributed by atoms with E-state index < -0.39 is 0 Å². The van der Waals surface area contributed by atoms with Crippen molar-refractivity contribution in [3.8, 4) is 0 Å². The van der Waals surface area contributed by atoms with Crippen molar-refractivity contribution >= 4 is 10.9 Å². The number of pyridine rings is 1. The number of aliphatic hydroxyl groups excluding tert-OH is 1. The van der Waals surface area contributed by atoms with Gasteiger partial charge in [-0.05, 0) is 50.1 Å². The minimum absolute atomic E-state index is 0.0244. The number of fused-ring (bicyclic) bond motifs is 1. The topological polar surface area (TPSA) is 80.5 Å². The third-order valence-electron chi connectivity index (χ3n) is 7.19.